The molecule has 27 heavy (non-hydrogen) atoms. The van der Waals surface area contributed by atoms with Crippen LogP contribution >= 0.6 is 0 Å². The zero-order valence-electron chi connectivity index (χ0n) is 16.0. The van der Waals surface area contributed by atoms with Crippen LogP contribution in [-0.2, 0) is 9.59 Å². The lowest BCUT2D eigenvalue weighted by Gasteiger charge is -2.40. The summed E-state index contributed by atoms with van der Waals surface area (Å²) in [6.45, 7) is 1.75. The van der Waals surface area contributed by atoms with E-state index in [0.29, 0.717) is 17.9 Å². The molecule has 1 fully saturated rings. The Morgan fingerprint density at radius 3 is 2.48 bits per heavy atom. The van der Waals surface area contributed by atoms with Gasteiger partial charge in [0.05, 0.1) is 19.9 Å². The van der Waals surface area contributed by atoms with Crippen LogP contribution < -0.4 is 9.47 Å². The number of methoxy groups -OCH3 is 2. The number of carbonyl (C=O) groups excluding carboxylic acids is 1. The summed E-state index contributed by atoms with van der Waals surface area (Å²) in [6, 6.07) is 4.60. The van der Waals surface area contributed by atoms with Gasteiger partial charge in [0.25, 0.3) is 0 Å². The Morgan fingerprint density at radius 1 is 1.22 bits per heavy atom. The summed E-state index contributed by atoms with van der Waals surface area (Å²) < 4.78 is 10.7. The van der Waals surface area contributed by atoms with Crippen molar-refractivity contribution in [2.45, 2.75) is 45.1 Å². The summed E-state index contributed by atoms with van der Waals surface area (Å²) in [5.74, 6) is -0.213. The van der Waals surface area contributed by atoms with Crippen molar-refractivity contribution in [2.75, 3.05) is 14.2 Å². The molecule has 0 saturated heterocycles. The average Bonchev–Trinajstić information content (AvgIpc) is 2.69. The molecule has 1 aliphatic heterocycles. The van der Waals surface area contributed by atoms with E-state index in [0.717, 1.165) is 37.0 Å². The summed E-state index contributed by atoms with van der Waals surface area (Å²) in [7, 11) is 3.15. The van der Waals surface area contributed by atoms with Gasteiger partial charge in [0.1, 0.15) is 0 Å². The van der Waals surface area contributed by atoms with Gasteiger partial charge in [0.15, 0.2) is 17.5 Å². The van der Waals surface area contributed by atoms with Gasteiger partial charge < -0.3 is 14.6 Å². The number of rotatable bonds is 6. The molecule has 7 nitrogen and oxygen atoms in total. The van der Waals surface area contributed by atoms with Crippen molar-refractivity contribution in [1.82, 2.24) is 5.01 Å². The molecule has 1 aromatic rings. The van der Waals surface area contributed by atoms with Gasteiger partial charge in [-0.15, -0.1) is 0 Å². The molecule has 146 valence electrons. The van der Waals surface area contributed by atoms with Gasteiger partial charge in [-0.25, -0.2) is 9.80 Å². The smallest absolute Gasteiger partial charge is 0.328 e. The van der Waals surface area contributed by atoms with E-state index in [-0.39, 0.29) is 17.7 Å². The van der Waals surface area contributed by atoms with E-state index in [4.69, 9.17) is 9.47 Å². The molecular weight excluding hydrogens is 348 g/mol. The number of amides is 1. The van der Waals surface area contributed by atoms with Gasteiger partial charge in [-0.1, -0.05) is 19.8 Å². The maximum absolute atomic E-state index is 13.0. The predicted molar refractivity (Wildman–Crippen MR) is 100 cm³/mol. The summed E-state index contributed by atoms with van der Waals surface area (Å²) in [6.07, 6.45) is 3.96. The van der Waals surface area contributed by atoms with Gasteiger partial charge in [-0.2, -0.15) is 5.10 Å². The van der Waals surface area contributed by atoms with Crippen LogP contribution in [0.2, 0.25) is 0 Å². The first kappa shape index (κ1) is 19.2. The van der Waals surface area contributed by atoms with Crippen LogP contribution in [0.15, 0.2) is 23.3 Å². The van der Waals surface area contributed by atoms with Gasteiger partial charge in [-0.3, -0.25) is 4.79 Å². The Kier molecular flexibility index (Phi) is 5.68. The Morgan fingerprint density at radius 2 is 1.89 bits per heavy atom. The van der Waals surface area contributed by atoms with Crippen LogP contribution in [0.5, 0.6) is 11.5 Å². The third kappa shape index (κ3) is 3.50. The minimum atomic E-state index is -1.03. The molecular formula is C20H26N2O5. The second kappa shape index (κ2) is 7.98. The van der Waals surface area contributed by atoms with E-state index in [9.17, 15) is 14.7 Å². The van der Waals surface area contributed by atoms with Crippen LogP contribution in [-0.4, -0.2) is 48.0 Å². The van der Waals surface area contributed by atoms with Gasteiger partial charge >= 0.3 is 5.97 Å². The normalized spacial score (nSPS) is 23.3. The van der Waals surface area contributed by atoms with Crippen molar-refractivity contribution >= 4 is 17.6 Å². The number of carboxylic acid groups (broad SMARTS) is 1. The lowest BCUT2D eigenvalue weighted by atomic mass is 9.73. The lowest BCUT2D eigenvalue weighted by molar-refractivity contribution is -0.154. The SMILES string of the molecule is CCC(C(=O)O)N1N=C(c2ccc(OC)c(OC)c2)C2CCCCC2C1=O. The topological polar surface area (TPSA) is 88.4 Å². The minimum Gasteiger partial charge on any atom is -0.493 e. The standard InChI is InChI=1S/C20H26N2O5/c1-4-15(20(24)25)22-19(23)14-8-6-5-7-13(14)18(21-22)12-9-10-16(26-2)17(11-12)27-3/h9-11,13-15H,4-8H2,1-3H3,(H,24,25). The molecule has 3 atom stereocenters. The lowest BCUT2D eigenvalue weighted by Crippen LogP contribution is -2.51. The van der Waals surface area contributed by atoms with Crippen molar-refractivity contribution in [3.8, 4) is 11.5 Å². The average molecular weight is 374 g/mol. The van der Waals surface area contributed by atoms with Crippen LogP contribution in [0, 0.1) is 11.8 Å². The maximum atomic E-state index is 13.0. The van der Waals surface area contributed by atoms with E-state index in [2.05, 4.69) is 5.10 Å². The Labute approximate surface area is 158 Å². The fourth-order valence-corrected chi connectivity index (χ4v) is 4.11. The zero-order valence-corrected chi connectivity index (χ0v) is 16.0. The van der Waals surface area contributed by atoms with E-state index >= 15 is 0 Å². The number of carbonyl (C=O) groups is 2. The molecule has 2 aliphatic rings. The number of hydrazone groups is 1. The number of carboxylic acids is 1. The first-order valence-electron chi connectivity index (χ1n) is 9.38. The predicted octanol–water partition coefficient (Wildman–Crippen LogP) is 2.92. The molecule has 3 rings (SSSR count). The second-order valence-electron chi connectivity index (χ2n) is 7.00. The van der Waals surface area contributed by atoms with Gasteiger partial charge in [0, 0.05) is 17.4 Å². The highest BCUT2D eigenvalue weighted by atomic mass is 16.5. The maximum Gasteiger partial charge on any atom is 0.328 e. The fraction of sp³-hybridized carbons (Fsp3) is 0.550. The number of aliphatic carboxylic acids is 1. The highest BCUT2D eigenvalue weighted by molar-refractivity contribution is 6.07. The molecule has 1 saturated carbocycles. The fourth-order valence-electron chi connectivity index (χ4n) is 4.11. The minimum absolute atomic E-state index is 0.00639. The molecule has 1 heterocycles. The molecule has 1 N–H and O–H groups in total. The van der Waals surface area contributed by atoms with Crippen molar-refractivity contribution in [2.24, 2.45) is 16.9 Å². The largest absolute Gasteiger partial charge is 0.493 e. The van der Waals surface area contributed by atoms with Gasteiger partial charge in [0.2, 0.25) is 5.91 Å². The van der Waals surface area contributed by atoms with E-state index < -0.39 is 12.0 Å². The van der Waals surface area contributed by atoms with E-state index in [1.54, 1.807) is 21.1 Å². The third-order valence-corrected chi connectivity index (χ3v) is 5.52. The second-order valence-corrected chi connectivity index (χ2v) is 7.00. The molecule has 1 aliphatic carbocycles. The highest BCUT2D eigenvalue weighted by Gasteiger charge is 2.44. The number of hydrogen-bond acceptors (Lipinski definition) is 5. The number of benzene rings is 1. The molecule has 0 radical (unpaired) electrons. The first-order valence-corrected chi connectivity index (χ1v) is 9.38. The van der Waals surface area contributed by atoms with Crippen molar-refractivity contribution in [3.63, 3.8) is 0 Å². The zero-order chi connectivity index (χ0) is 19.6. The monoisotopic (exact) mass is 374 g/mol. The molecule has 0 aromatic heterocycles. The molecule has 0 bridgehead atoms. The van der Waals surface area contributed by atoms with Crippen LogP contribution in [0.4, 0.5) is 0 Å². The van der Waals surface area contributed by atoms with Crippen LogP contribution in [0.1, 0.15) is 44.6 Å². The summed E-state index contributed by atoms with van der Waals surface area (Å²) >= 11 is 0. The summed E-state index contributed by atoms with van der Waals surface area (Å²) in [5.41, 5.74) is 1.60. The number of fused-ring (bicyclic) bond motifs is 1. The van der Waals surface area contributed by atoms with Gasteiger partial charge in [-0.05, 0) is 37.5 Å². The quantitative estimate of drug-likeness (QED) is 0.827. The molecule has 1 amide bonds. The molecule has 7 heteroatoms. The van der Waals surface area contributed by atoms with Crippen molar-refractivity contribution in [1.29, 1.82) is 0 Å². The molecule has 0 spiro atoms. The Bertz CT molecular complexity index is 761. The number of hydrogen-bond donors (Lipinski definition) is 1. The van der Waals surface area contributed by atoms with E-state index in [1.165, 1.54) is 5.01 Å². The summed E-state index contributed by atoms with van der Waals surface area (Å²) in [4.78, 5) is 24.6. The van der Waals surface area contributed by atoms with E-state index in [1.807, 2.05) is 18.2 Å². The first-order chi connectivity index (χ1) is 13.0. The van der Waals surface area contributed by atoms with Crippen molar-refractivity contribution < 1.29 is 24.2 Å². The number of nitrogens with zero attached hydrogens (tertiary/aromatic N) is 2. The molecule has 3 unspecified atom stereocenters. The number of ether oxygens (including phenoxy) is 2. The van der Waals surface area contributed by atoms with Crippen LogP contribution in [0.3, 0.4) is 0 Å². The Hall–Kier alpha value is -2.57. The highest BCUT2D eigenvalue weighted by Crippen LogP contribution is 2.39. The van der Waals surface area contributed by atoms with Crippen LogP contribution in [0.25, 0.3) is 0 Å². The van der Waals surface area contributed by atoms with Crippen molar-refractivity contribution in [3.05, 3.63) is 23.8 Å². The molecule has 1 aromatic carbocycles. The third-order valence-electron chi connectivity index (χ3n) is 5.52. The summed E-state index contributed by atoms with van der Waals surface area (Å²) in [5, 5.41) is 15.3. The Balaban J connectivity index is 2.09.